The van der Waals surface area contributed by atoms with E-state index in [2.05, 4.69) is 193 Å². The van der Waals surface area contributed by atoms with Crippen LogP contribution in [0.5, 0.6) is 0 Å². The molecule has 0 amide bonds. The first-order valence-electron chi connectivity index (χ1n) is 18.8. The average Bonchev–Trinajstić information content (AvgIpc) is 3.93. The third kappa shape index (κ3) is 4.00. The summed E-state index contributed by atoms with van der Waals surface area (Å²) in [5, 5.41) is 7.80. The molecule has 3 heteroatoms. The summed E-state index contributed by atoms with van der Waals surface area (Å²) in [7, 11) is 0. The SMILES string of the molecule is CC1(C)c2cc(-n3c4ccccc4c4cc(-c5ccc6c(c5)c5ccccc5n6-c5ccccc5)ccc43)ccc2-c2ccc3c(sc4ccccc43)c21. The number of benzene rings is 8. The van der Waals surface area contributed by atoms with Crippen molar-refractivity contribution in [3.8, 4) is 33.6 Å². The van der Waals surface area contributed by atoms with Gasteiger partial charge in [-0.15, -0.1) is 11.3 Å². The molecule has 3 heterocycles. The maximum atomic E-state index is 2.47. The van der Waals surface area contributed by atoms with E-state index >= 15 is 0 Å². The summed E-state index contributed by atoms with van der Waals surface area (Å²) < 4.78 is 7.63. The van der Waals surface area contributed by atoms with Gasteiger partial charge >= 0.3 is 0 Å². The van der Waals surface area contributed by atoms with Gasteiger partial charge in [0.05, 0.1) is 22.1 Å². The maximum absolute atomic E-state index is 2.47. The Bertz CT molecular complexity index is 3350. The minimum absolute atomic E-state index is 0.130. The summed E-state index contributed by atoms with van der Waals surface area (Å²) >= 11 is 1.94. The van der Waals surface area contributed by atoms with Gasteiger partial charge in [0.15, 0.2) is 0 Å². The van der Waals surface area contributed by atoms with E-state index in [-0.39, 0.29) is 5.41 Å². The van der Waals surface area contributed by atoms with E-state index in [4.69, 9.17) is 0 Å². The second-order valence-corrected chi connectivity index (χ2v) is 16.4. The van der Waals surface area contributed by atoms with Crippen molar-refractivity contribution >= 4 is 75.1 Å². The van der Waals surface area contributed by atoms with Gasteiger partial charge in [0.2, 0.25) is 0 Å². The molecule has 0 saturated heterocycles. The molecule has 0 saturated carbocycles. The molecule has 0 N–H and O–H groups in total. The number of thiophene rings is 1. The molecule has 254 valence electrons. The monoisotopic (exact) mass is 706 g/mol. The first-order chi connectivity index (χ1) is 26.5. The van der Waals surface area contributed by atoms with Crippen LogP contribution in [-0.4, -0.2) is 9.13 Å². The predicted octanol–water partition coefficient (Wildman–Crippen LogP) is 14.2. The Morgan fingerprint density at radius 2 is 0.963 bits per heavy atom. The third-order valence-corrected chi connectivity index (χ3v) is 13.3. The highest BCUT2D eigenvalue weighted by Crippen LogP contribution is 2.54. The van der Waals surface area contributed by atoms with E-state index in [1.165, 1.54) is 109 Å². The lowest BCUT2D eigenvalue weighted by Gasteiger charge is -2.23. The first kappa shape index (κ1) is 30.1. The second-order valence-electron chi connectivity index (χ2n) is 15.3. The highest BCUT2D eigenvalue weighted by atomic mass is 32.1. The van der Waals surface area contributed by atoms with Crippen LogP contribution in [0.2, 0.25) is 0 Å². The molecule has 11 aromatic rings. The van der Waals surface area contributed by atoms with Gasteiger partial charge in [-0.2, -0.15) is 0 Å². The molecule has 2 nitrogen and oxygen atoms in total. The van der Waals surface area contributed by atoms with Crippen molar-refractivity contribution in [2.45, 2.75) is 19.3 Å². The van der Waals surface area contributed by atoms with E-state index in [9.17, 15) is 0 Å². The van der Waals surface area contributed by atoms with E-state index in [1.807, 2.05) is 11.3 Å². The van der Waals surface area contributed by atoms with Crippen LogP contribution in [0.1, 0.15) is 25.0 Å². The number of hydrogen-bond donors (Lipinski definition) is 0. The summed E-state index contributed by atoms with van der Waals surface area (Å²) in [4.78, 5) is 0. The van der Waals surface area contributed by atoms with Crippen LogP contribution in [0, 0.1) is 0 Å². The van der Waals surface area contributed by atoms with Crippen LogP contribution < -0.4 is 0 Å². The Balaban J connectivity index is 1.02. The second kappa shape index (κ2) is 10.8. The van der Waals surface area contributed by atoms with Crippen LogP contribution in [0.25, 0.3) is 97.4 Å². The van der Waals surface area contributed by atoms with E-state index < -0.39 is 0 Å². The summed E-state index contributed by atoms with van der Waals surface area (Å²) in [6, 6.07) is 63.0. The molecule has 12 rings (SSSR count). The zero-order valence-electron chi connectivity index (χ0n) is 30.0. The largest absolute Gasteiger partial charge is 0.309 e. The Hall–Kier alpha value is -6.42. The number of hydrogen-bond acceptors (Lipinski definition) is 1. The standard InChI is InChI=1S/C51H34N2S/c1-51(2)43-30-34(22-23-35(43)39-24-25-40-38-16-8-11-19-48(38)54-50(40)49(39)51)53-45-18-10-7-15-37(45)42-29-32(21-27-47(42)53)31-20-26-46-41(28-31)36-14-6-9-17-44(36)52(46)33-12-4-3-5-13-33/h3-30H,1-2H3. The lowest BCUT2D eigenvalue weighted by atomic mass is 9.82. The van der Waals surface area contributed by atoms with Gasteiger partial charge in [-0.1, -0.05) is 117 Å². The van der Waals surface area contributed by atoms with Gasteiger partial charge in [-0.25, -0.2) is 0 Å². The minimum Gasteiger partial charge on any atom is -0.309 e. The van der Waals surface area contributed by atoms with Gasteiger partial charge in [0.1, 0.15) is 0 Å². The molecule has 3 aromatic heterocycles. The maximum Gasteiger partial charge on any atom is 0.0541 e. The Morgan fingerprint density at radius 3 is 1.65 bits per heavy atom. The van der Waals surface area contributed by atoms with Gasteiger partial charge in [-0.3, -0.25) is 0 Å². The molecule has 0 fully saturated rings. The van der Waals surface area contributed by atoms with Crippen molar-refractivity contribution in [3.63, 3.8) is 0 Å². The number of rotatable bonds is 3. The van der Waals surface area contributed by atoms with Gasteiger partial charge in [0.25, 0.3) is 0 Å². The summed E-state index contributed by atoms with van der Waals surface area (Å²) in [5.74, 6) is 0. The lowest BCUT2D eigenvalue weighted by molar-refractivity contribution is 0.666. The van der Waals surface area contributed by atoms with Crippen molar-refractivity contribution < 1.29 is 0 Å². The summed E-state index contributed by atoms with van der Waals surface area (Å²) in [6.07, 6.45) is 0. The third-order valence-electron chi connectivity index (χ3n) is 12.1. The van der Waals surface area contributed by atoms with Crippen LogP contribution in [0.3, 0.4) is 0 Å². The molecule has 1 aliphatic carbocycles. The van der Waals surface area contributed by atoms with Gasteiger partial charge in [0, 0.05) is 58.5 Å². The fourth-order valence-corrected chi connectivity index (χ4v) is 11.0. The molecule has 0 bridgehead atoms. The summed E-state index contributed by atoms with van der Waals surface area (Å²) in [5.41, 5.74) is 15.2. The quantitative estimate of drug-likeness (QED) is 0.173. The number of nitrogens with zero attached hydrogens (tertiary/aromatic N) is 2. The topological polar surface area (TPSA) is 9.86 Å². The minimum atomic E-state index is -0.130. The zero-order chi connectivity index (χ0) is 35.7. The molecule has 1 aliphatic rings. The summed E-state index contributed by atoms with van der Waals surface area (Å²) in [6.45, 7) is 4.83. The number of aromatic nitrogens is 2. The zero-order valence-corrected chi connectivity index (χ0v) is 30.8. The molecule has 0 aliphatic heterocycles. The first-order valence-corrected chi connectivity index (χ1v) is 19.6. The molecular formula is C51H34N2S. The molecule has 8 aromatic carbocycles. The van der Waals surface area contributed by atoms with E-state index in [0.717, 1.165) is 0 Å². The Labute approximate surface area is 316 Å². The number of para-hydroxylation sites is 3. The highest BCUT2D eigenvalue weighted by molar-refractivity contribution is 7.26. The fraction of sp³-hybridized carbons (Fsp3) is 0.0588. The molecule has 0 atom stereocenters. The van der Waals surface area contributed by atoms with Crippen LogP contribution in [0.4, 0.5) is 0 Å². The van der Waals surface area contributed by atoms with Gasteiger partial charge < -0.3 is 9.13 Å². The molecule has 54 heavy (non-hydrogen) atoms. The molecule has 0 spiro atoms. The number of fused-ring (bicyclic) bond motifs is 13. The highest BCUT2D eigenvalue weighted by Gasteiger charge is 2.38. The van der Waals surface area contributed by atoms with Crippen LogP contribution in [-0.2, 0) is 5.41 Å². The Morgan fingerprint density at radius 1 is 0.407 bits per heavy atom. The van der Waals surface area contributed by atoms with Crippen molar-refractivity contribution in [3.05, 3.63) is 181 Å². The normalized spacial score (nSPS) is 13.5. The van der Waals surface area contributed by atoms with Crippen molar-refractivity contribution in [1.82, 2.24) is 9.13 Å². The predicted molar refractivity (Wildman–Crippen MR) is 231 cm³/mol. The lowest BCUT2D eigenvalue weighted by Crippen LogP contribution is -2.15. The van der Waals surface area contributed by atoms with Crippen molar-refractivity contribution in [1.29, 1.82) is 0 Å². The van der Waals surface area contributed by atoms with Crippen molar-refractivity contribution in [2.24, 2.45) is 0 Å². The van der Waals surface area contributed by atoms with Crippen molar-refractivity contribution in [2.75, 3.05) is 0 Å². The molecule has 0 unspecified atom stereocenters. The molecular weight excluding hydrogens is 673 g/mol. The van der Waals surface area contributed by atoms with E-state index in [0.29, 0.717) is 0 Å². The van der Waals surface area contributed by atoms with Crippen LogP contribution in [0.15, 0.2) is 170 Å². The average molecular weight is 707 g/mol. The van der Waals surface area contributed by atoms with E-state index in [1.54, 1.807) is 0 Å². The van der Waals surface area contributed by atoms with Crippen LogP contribution >= 0.6 is 11.3 Å². The van der Waals surface area contributed by atoms with Gasteiger partial charge in [-0.05, 0) is 100 Å². The smallest absolute Gasteiger partial charge is 0.0541 e. The fourth-order valence-electron chi connectivity index (χ4n) is 9.63. The Kier molecular flexibility index (Phi) is 6.03. The molecule has 0 radical (unpaired) electrons.